The van der Waals surface area contributed by atoms with Gasteiger partial charge in [-0.2, -0.15) is 0 Å². The van der Waals surface area contributed by atoms with Crippen molar-refractivity contribution in [2.45, 2.75) is 30.5 Å². The molecule has 0 spiro atoms. The molecule has 0 atom stereocenters. The number of aliphatic hydroxyl groups excluding tert-OH is 1. The van der Waals surface area contributed by atoms with Crippen LogP contribution in [0.3, 0.4) is 0 Å². The summed E-state index contributed by atoms with van der Waals surface area (Å²) in [5.41, 5.74) is 0. The number of nitrogens with zero attached hydrogens (tertiary/aromatic N) is 1. The van der Waals surface area contributed by atoms with Gasteiger partial charge in [-0.15, -0.1) is 0 Å². The van der Waals surface area contributed by atoms with Crippen molar-refractivity contribution in [1.29, 1.82) is 0 Å². The molecule has 1 aliphatic carbocycles. The van der Waals surface area contributed by atoms with Crippen LogP contribution in [0.25, 0.3) is 0 Å². The number of carbonyl (C=O) groups excluding carboxylic acids is 1. The van der Waals surface area contributed by atoms with Gasteiger partial charge in [0, 0.05) is 13.1 Å². The highest BCUT2D eigenvalue weighted by molar-refractivity contribution is 9.10. The lowest BCUT2D eigenvalue weighted by Crippen LogP contribution is -2.49. The maximum Gasteiger partial charge on any atom is 0.239 e. The quantitative estimate of drug-likeness (QED) is 0.760. The van der Waals surface area contributed by atoms with Gasteiger partial charge in [-0.05, 0) is 26.2 Å². The number of amides is 1. The Kier molecular flexibility index (Phi) is 3.74. The number of rotatable bonds is 4. The van der Waals surface area contributed by atoms with Crippen LogP contribution in [0, 0.1) is 0 Å². The Bertz CT molecular complexity index is 192. The lowest BCUT2D eigenvalue weighted by atomic mass is 9.84. The topological polar surface area (TPSA) is 40.5 Å². The average molecular weight is 250 g/mol. The predicted molar refractivity (Wildman–Crippen MR) is 54.8 cm³/mol. The van der Waals surface area contributed by atoms with Crippen molar-refractivity contribution in [2.75, 3.05) is 19.7 Å². The zero-order chi connectivity index (χ0) is 9.90. The minimum absolute atomic E-state index is 0.0443. The first-order valence-corrected chi connectivity index (χ1v) is 5.52. The van der Waals surface area contributed by atoms with Crippen molar-refractivity contribution in [1.82, 2.24) is 4.90 Å². The monoisotopic (exact) mass is 249 g/mol. The van der Waals surface area contributed by atoms with Crippen LogP contribution in [-0.4, -0.2) is 39.9 Å². The molecule has 0 aromatic carbocycles. The Balaban J connectivity index is 2.52. The zero-order valence-corrected chi connectivity index (χ0v) is 9.51. The van der Waals surface area contributed by atoms with E-state index in [0.717, 1.165) is 19.3 Å². The Labute approximate surface area is 87.2 Å². The van der Waals surface area contributed by atoms with Gasteiger partial charge in [-0.1, -0.05) is 15.9 Å². The van der Waals surface area contributed by atoms with Crippen LogP contribution in [0.2, 0.25) is 0 Å². The maximum absolute atomic E-state index is 11.8. The largest absolute Gasteiger partial charge is 0.395 e. The van der Waals surface area contributed by atoms with Gasteiger partial charge >= 0.3 is 0 Å². The van der Waals surface area contributed by atoms with Gasteiger partial charge < -0.3 is 10.0 Å². The highest BCUT2D eigenvalue weighted by Crippen LogP contribution is 2.41. The molecule has 0 aromatic heterocycles. The fourth-order valence-electron chi connectivity index (χ4n) is 1.51. The van der Waals surface area contributed by atoms with Gasteiger partial charge in [-0.25, -0.2) is 0 Å². The third-order valence-electron chi connectivity index (χ3n) is 2.57. The van der Waals surface area contributed by atoms with E-state index in [1.807, 2.05) is 6.92 Å². The van der Waals surface area contributed by atoms with Crippen LogP contribution in [0.15, 0.2) is 0 Å². The molecule has 13 heavy (non-hydrogen) atoms. The summed E-state index contributed by atoms with van der Waals surface area (Å²) in [7, 11) is 0. The van der Waals surface area contributed by atoms with Crippen molar-refractivity contribution in [3.63, 3.8) is 0 Å². The molecule has 0 radical (unpaired) electrons. The first-order valence-electron chi connectivity index (χ1n) is 4.73. The molecule has 1 N–H and O–H groups in total. The fraction of sp³-hybridized carbons (Fsp3) is 0.889. The number of hydrogen-bond donors (Lipinski definition) is 1. The molecule has 76 valence electrons. The van der Waals surface area contributed by atoms with Crippen molar-refractivity contribution < 1.29 is 9.90 Å². The summed E-state index contributed by atoms with van der Waals surface area (Å²) in [6.45, 7) is 3.10. The lowest BCUT2D eigenvalue weighted by Gasteiger charge is -2.38. The van der Waals surface area contributed by atoms with Gasteiger partial charge in [0.15, 0.2) is 0 Å². The molecule has 0 bridgehead atoms. The van der Waals surface area contributed by atoms with E-state index in [2.05, 4.69) is 15.9 Å². The van der Waals surface area contributed by atoms with E-state index in [0.29, 0.717) is 13.1 Å². The third-order valence-corrected chi connectivity index (χ3v) is 3.70. The van der Waals surface area contributed by atoms with E-state index in [1.165, 1.54) is 0 Å². The molecule has 3 nitrogen and oxygen atoms in total. The highest BCUT2D eigenvalue weighted by atomic mass is 79.9. The summed E-state index contributed by atoms with van der Waals surface area (Å²) in [5.74, 6) is 0.135. The van der Waals surface area contributed by atoms with Crippen molar-refractivity contribution >= 4 is 21.8 Å². The second-order valence-corrected chi connectivity index (χ2v) is 4.95. The van der Waals surface area contributed by atoms with Crippen LogP contribution in [0.1, 0.15) is 26.2 Å². The fourth-order valence-corrected chi connectivity index (χ4v) is 2.32. The van der Waals surface area contributed by atoms with Gasteiger partial charge in [0.05, 0.1) is 6.61 Å². The van der Waals surface area contributed by atoms with Gasteiger partial charge in [-0.3, -0.25) is 4.79 Å². The first-order chi connectivity index (χ1) is 6.14. The number of carbonyl (C=O) groups is 1. The summed E-state index contributed by atoms with van der Waals surface area (Å²) in [4.78, 5) is 13.5. The molecule has 1 amide bonds. The number of alkyl halides is 1. The second-order valence-electron chi connectivity index (χ2n) is 3.43. The van der Waals surface area contributed by atoms with E-state index in [1.54, 1.807) is 4.90 Å². The molecule has 4 heteroatoms. The molecule has 0 aromatic rings. The summed E-state index contributed by atoms with van der Waals surface area (Å²) in [6, 6.07) is 0. The summed E-state index contributed by atoms with van der Waals surface area (Å²) in [5, 5.41) is 8.76. The SMILES string of the molecule is CCN(CCO)C(=O)C1(Br)CCC1. The van der Waals surface area contributed by atoms with Crippen LogP contribution in [-0.2, 0) is 4.79 Å². The predicted octanol–water partition coefficient (Wildman–Crippen LogP) is 1.14. The first kappa shape index (κ1) is 11.0. The molecular formula is C9H16BrNO2. The minimum Gasteiger partial charge on any atom is -0.395 e. The standard InChI is InChI=1S/C9H16BrNO2/c1-2-11(6-7-12)8(13)9(10)4-3-5-9/h12H,2-7H2,1H3. The van der Waals surface area contributed by atoms with Crippen LogP contribution in [0.4, 0.5) is 0 Å². The van der Waals surface area contributed by atoms with E-state index >= 15 is 0 Å². The Morgan fingerprint density at radius 3 is 2.54 bits per heavy atom. The van der Waals surface area contributed by atoms with Crippen molar-refractivity contribution in [3.8, 4) is 0 Å². The van der Waals surface area contributed by atoms with Gasteiger partial charge in [0.2, 0.25) is 5.91 Å². The Hall–Kier alpha value is -0.0900. The summed E-state index contributed by atoms with van der Waals surface area (Å²) >= 11 is 3.47. The van der Waals surface area contributed by atoms with E-state index in [4.69, 9.17) is 5.11 Å². The van der Waals surface area contributed by atoms with Gasteiger partial charge in [0.25, 0.3) is 0 Å². The van der Waals surface area contributed by atoms with Crippen molar-refractivity contribution in [3.05, 3.63) is 0 Å². The molecule has 0 unspecified atom stereocenters. The highest BCUT2D eigenvalue weighted by Gasteiger charge is 2.43. The third kappa shape index (κ3) is 2.23. The normalized spacial score (nSPS) is 19.3. The number of likely N-dealkylation sites (N-methyl/N-ethyl adjacent to an activating group) is 1. The minimum atomic E-state index is -0.307. The maximum atomic E-state index is 11.8. The van der Waals surface area contributed by atoms with Gasteiger partial charge in [0.1, 0.15) is 4.32 Å². The van der Waals surface area contributed by atoms with Crippen LogP contribution in [0.5, 0.6) is 0 Å². The summed E-state index contributed by atoms with van der Waals surface area (Å²) in [6.07, 6.45) is 2.97. The van der Waals surface area contributed by atoms with Crippen LogP contribution >= 0.6 is 15.9 Å². The molecule has 1 aliphatic rings. The number of halogens is 1. The lowest BCUT2D eigenvalue weighted by molar-refractivity contribution is -0.136. The Morgan fingerprint density at radius 1 is 1.62 bits per heavy atom. The molecule has 0 saturated heterocycles. The molecule has 0 aliphatic heterocycles. The molecular weight excluding hydrogens is 234 g/mol. The van der Waals surface area contributed by atoms with E-state index in [9.17, 15) is 4.79 Å². The van der Waals surface area contributed by atoms with Crippen LogP contribution < -0.4 is 0 Å². The molecule has 1 saturated carbocycles. The zero-order valence-electron chi connectivity index (χ0n) is 7.92. The average Bonchev–Trinajstić information content (AvgIpc) is 2.09. The second kappa shape index (κ2) is 4.42. The Morgan fingerprint density at radius 2 is 2.23 bits per heavy atom. The molecule has 0 heterocycles. The summed E-state index contributed by atoms with van der Waals surface area (Å²) < 4.78 is -0.307. The van der Waals surface area contributed by atoms with Crippen molar-refractivity contribution in [2.24, 2.45) is 0 Å². The van der Waals surface area contributed by atoms with E-state index < -0.39 is 0 Å². The number of hydrogen-bond acceptors (Lipinski definition) is 2. The van der Waals surface area contributed by atoms with E-state index in [-0.39, 0.29) is 16.8 Å². The smallest absolute Gasteiger partial charge is 0.239 e. The number of aliphatic hydroxyl groups is 1. The molecule has 1 fully saturated rings. The molecule has 1 rings (SSSR count).